The minimum absolute atomic E-state index is 0.0835. The molecule has 3 saturated heterocycles. The molecule has 7 aromatic carbocycles. The van der Waals surface area contributed by atoms with Crippen molar-refractivity contribution in [2.75, 3.05) is 26.1 Å². The number of nitrogens with one attached hydrogen (secondary N) is 1. The van der Waals surface area contributed by atoms with E-state index in [4.69, 9.17) is 52.1 Å². The first-order valence-corrected chi connectivity index (χ1v) is 28.0. The SMILES string of the molecule is COC(=O)[C@H]1CS[C@]2(N1)[C@@H](OCc1ccccc1)[C@H](O[C@H]1O[C@H](COCc3ccccc3)[C@@H](OCc3ccccc3)[C@H](OCc3ccccc3)[C@@H]1OCc1ccccc1)O[C@H](COCc1ccccc1)[C@@H]2OCc1ccccc1. The van der Waals surface area contributed by atoms with Crippen molar-refractivity contribution < 1.29 is 56.9 Å². The first-order valence-electron chi connectivity index (χ1n) is 27.0. The average Bonchev–Trinajstić information content (AvgIpc) is 4.15. The maximum absolute atomic E-state index is 13.7. The van der Waals surface area contributed by atoms with Crippen molar-refractivity contribution in [1.29, 1.82) is 0 Å². The minimum Gasteiger partial charge on any atom is -0.468 e. The molecule has 3 aliphatic heterocycles. The fraction of sp³-hybridized carbons (Fsp3) is 0.338. The summed E-state index contributed by atoms with van der Waals surface area (Å²) in [5.74, 6) is -0.0793. The fourth-order valence-corrected chi connectivity index (χ4v) is 11.8. The second kappa shape index (κ2) is 28.9. The Hall–Kier alpha value is -6.08. The van der Waals surface area contributed by atoms with E-state index in [0.717, 1.165) is 38.9 Å². The summed E-state index contributed by atoms with van der Waals surface area (Å²) < 4.78 is 76.1. The minimum atomic E-state index is -1.21. The van der Waals surface area contributed by atoms with Crippen LogP contribution in [0.1, 0.15) is 38.9 Å². The summed E-state index contributed by atoms with van der Waals surface area (Å²) >= 11 is 1.52. The number of methoxy groups -OCH3 is 1. The van der Waals surface area contributed by atoms with Gasteiger partial charge in [0.05, 0.1) is 66.6 Å². The topological polar surface area (TPSA) is 131 Å². The second-order valence-electron chi connectivity index (χ2n) is 19.8. The maximum Gasteiger partial charge on any atom is 0.323 e. The Balaban J connectivity index is 1.06. The van der Waals surface area contributed by atoms with Gasteiger partial charge in [-0.3, -0.25) is 10.1 Å². The maximum atomic E-state index is 13.7. The number of rotatable bonds is 26. The second-order valence-corrected chi connectivity index (χ2v) is 21.1. The van der Waals surface area contributed by atoms with Gasteiger partial charge in [0, 0.05) is 5.75 Å². The number of hydrogen-bond acceptors (Lipinski definition) is 14. The lowest BCUT2D eigenvalue weighted by Crippen LogP contribution is -2.73. The van der Waals surface area contributed by atoms with Crippen LogP contribution in [0.2, 0.25) is 0 Å². The standard InChI is InChI=1S/C65H69NO12S/c1-68-62(67)54-46-79-65(66-54)60(74-42-52-33-19-7-20-34-52)56(45-70-38-48-25-11-3-12-26-48)77-64(61(65)75-43-53-35-21-8-22-36-53)78-63-59(73-41-51-31-17-6-18-32-51)58(72-40-50-29-15-5-16-30-50)57(71-39-49-27-13-4-14-28-49)55(76-63)44-69-37-47-23-9-2-10-24-47/h2-36,54-61,63-64,66H,37-46H2,1H3/t54-,55-,56-,57-,58+,59+,60+,61+,63-,64+,65+/m1/s1. The van der Waals surface area contributed by atoms with E-state index in [1.807, 2.05) is 212 Å². The molecular formula is C65H69NO12S. The lowest BCUT2D eigenvalue weighted by atomic mass is 9.93. The predicted molar refractivity (Wildman–Crippen MR) is 300 cm³/mol. The van der Waals surface area contributed by atoms with Crippen molar-refractivity contribution in [3.8, 4) is 0 Å². The Morgan fingerprint density at radius 3 is 1.23 bits per heavy atom. The molecule has 79 heavy (non-hydrogen) atoms. The molecule has 14 heteroatoms. The van der Waals surface area contributed by atoms with E-state index in [0.29, 0.717) is 19.0 Å². The van der Waals surface area contributed by atoms with Crippen LogP contribution in [0.25, 0.3) is 0 Å². The van der Waals surface area contributed by atoms with Crippen molar-refractivity contribution in [1.82, 2.24) is 5.32 Å². The monoisotopic (exact) mass is 1090 g/mol. The third-order valence-electron chi connectivity index (χ3n) is 14.2. The lowest BCUT2D eigenvalue weighted by molar-refractivity contribution is -0.387. The van der Waals surface area contributed by atoms with Gasteiger partial charge in [-0.05, 0) is 38.9 Å². The van der Waals surface area contributed by atoms with Gasteiger partial charge in [0.25, 0.3) is 0 Å². The summed E-state index contributed by atoms with van der Waals surface area (Å²) in [6.45, 7) is 1.89. The molecule has 1 N–H and O–H groups in total. The van der Waals surface area contributed by atoms with Gasteiger partial charge < -0.3 is 52.1 Å². The highest BCUT2D eigenvalue weighted by Gasteiger charge is 2.64. The van der Waals surface area contributed by atoms with E-state index in [1.165, 1.54) is 18.9 Å². The van der Waals surface area contributed by atoms with Crippen LogP contribution < -0.4 is 5.32 Å². The highest BCUT2D eigenvalue weighted by Crippen LogP contribution is 2.48. The Morgan fingerprint density at radius 1 is 0.443 bits per heavy atom. The molecular weight excluding hydrogens is 1020 g/mol. The van der Waals surface area contributed by atoms with E-state index in [2.05, 4.69) is 5.32 Å². The van der Waals surface area contributed by atoms with E-state index in [9.17, 15) is 4.79 Å². The van der Waals surface area contributed by atoms with Crippen LogP contribution in [0.5, 0.6) is 0 Å². The fourth-order valence-electron chi connectivity index (χ4n) is 10.2. The third kappa shape index (κ3) is 15.2. The largest absolute Gasteiger partial charge is 0.468 e. The third-order valence-corrected chi connectivity index (χ3v) is 15.7. The van der Waals surface area contributed by atoms with Gasteiger partial charge in [0.15, 0.2) is 12.6 Å². The number of ether oxygens (including phenoxy) is 11. The molecule has 0 saturated carbocycles. The van der Waals surface area contributed by atoms with Gasteiger partial charge in [-0.15, -0.1) is 11.8 Å². The van der Waals surface area contributed by atoms with Gasteiger partial charge in [-0.2, -0.15) is 0 Å². The first-order chi connectivity index (χ1) is 39.0. The molecule has 3 heterocycles. The van der Waals surface area contributed by atoms with Crippen molar-refractivity contribution in [3.05, 3.63) is 251 Å². The average molecular weight is 1090 g/mol. The van der Waals surface area contributed by atoms with Gasteiger partial charge in [-0.1, -0.05) is 212 Å². The predicted octanol–water partition coefficient (Wildman–Crippen LogP) is 10.4. The summed E-state index contributed by atoms with van der Waals surface area (Å²) in [7, 11) is 1.39. The van der Waals surface area contributed by atoms with Gasteiger partial charge in [0.2, 0.25) is 0 Å². The molecule has 0 aliphatic carbocycles. The molecule has 0 aromatic heterocycles. The van der Waals surface area contributed by atoms with Crippen molar-refractivity contribution in [2.24, 2.45) is 0 Å². The zero-order valence-electron chi connectivity index (χ0n) is 44.4. The first kappa shape index (κ1) is 56.2. The van der Waals surface area contributed by atoms with Crippen molar-refractivity contribution in [3.63, 3.8) is 0 Å². The molecule has 13 nitrogen and oxygen atoms in total. The van der Waals surface area contributed by atoms with Gasteiger partial charge in [0.1, 0.15) is 53.6 Å². The summed E-state index contributed by atoms with van der Waals surface area (Å²) in [4.78, 5) is 12.5. The zero-order valence-corrected chi connectivity index (χ0v) is 45.2. The van der Waals surface area contributed by atoms with Crippen LogP contribution in [-0.4, -0.2) is 98.3 Å². The number of benzene rings is 7. The Morgan fingerprint density at radius 2 is 0.797 bits per heavy atom. The van der Waals surface area contributed by atoms with Crippen molar-refractivity contribution >= 4 is 17.7 Å². The molecule has 3 aliphatic rings. The van der Waals surface area contributed by atoms with Crippen LogP contribution in [0.4, 0.5) is 0 Å². The van der Waals surface area contributed by atoms with E-state index >= 15 is 0 Å². The van der Waals surface area contributed by atoms with Crippen LogP contribution in [0.15, 0.2) is 212 Å². The van der Waals surface area contributed by atoms with E-state index in [-0.39, 0.29) is 46.2 Å². The molecule has 0 amide bonds. The molecule has 0 radical (unpaired) electrons. The summed E-state index contributed by atoms with van der Waals surface area (Å²) in [5, 5.41) is 3.72. The highest BCUT2D eigenvalue weighted by molar-refractivity contribution is 8.01. The van der Waals surface area contributed by atoms with Gasteiger partial charge >= 0.3 is 5.97 Å². The molecule has 10 rings (SSSR count). The molecule has 0 bridgehead atoms. The zero-order chi connectivity index (χ0) is 53.9. The number of thioether (sulfide) groups is 1. The van der Waals surface area contributed by atoms with Crippen molar-refractivity contribution in [2.45, 2.75) is 112 Å². The Labute approximate surface area is 467 Å². The molecule has 11 atom stereocenters. The molecule has 0 unspecified atom stereocenters. The lowest BCUT2D eigenvalue weighted by Gasteiger charge is -2.53. The highest BCUT2D eigenvalue weighted by atomic mass is 32.2. The van der Waals surface area contributed by atoms with E-state index in [1.54, 1.807) is 0 Å². The van der Waals surface area contributed by atoms with Crippen LogP contribution in [0.3, 0.4) is 0 Å². The Bertz CT molecular complexity index is 2850. The van der Waals surface area contributed by atoms with E-state index < -0.39 is 72.2 Å². The number of carbonyl (C=O) groups is 1. The molecule has 7 aromatic rings. The quantitative estimate of drug-likeness (QED) is 0.0516. The number of esters is 1. The summed E-state index contributed by atoms with van der Waals surface area (Å²) in [5.41, 5.74) is 6.74. The number of carbonyl (C=O) groups excluding carboxylic acids is 1. The summed E-state index contributed by atoms with van der Waals surface area (Å²) in [6, 6.07) is 69.1. The normalized spacial score (nSPS) is 25.7. The van der Waals surface area contributed by atoms with Crippen LogP contribution in [-0.2, 0) is 103 Å². The van der Waals surface area contributed by atoms with Gasteiger partial charge in [-0.25, -0.2) is 0 Å². The van der Waals surface area contributed by atoms with Crippen LogP contribution >= 0.6 is 11.8 Å². The smallest absolute Gasteiger partial charge is 0.323 e. The van der Waals surface area contributed by atoms with Crippen LogP contribution in [0, 0.1) is 0 Å². The number of hydrogen-bond donors (Lipinski definition) is 1. The molecule has 3 fully saturated rings. The Kier molecular flexibility index (Phi) is 20.5. The summed E-state index contributed by atoms with van der Waals surface area (Å²) in [6.07, 6.45) is -8.17. The molecule has 412 valence electrons. The molecule has 1 spiro atoms.